The van der Waals surface area contributed by atoms with E-state index in [0.29, 0.717) is 11.8 Å². The number of benzene rings is 1. The first-order chi connectivity index (χ1) is 11.0. The van der Waals surface area contributed by atoms with Crippen molar-refractivity contribution in [3.63, 3.8) is 0 Å². The van der Waals surface area contributed by atoms with Gasteiger partial charge in [-0.2, -0.15) is 4.98 Å². The highest BCUT2D eigenvalue weighted by atomic mass is 16.1. The second-order valence-corrected chi connectivity index (χ2v) is 5.38. The molecule has 23 heavy (non-hydrogen) atoms. The summed E-state index contributed by atoms with van der Waals surface area (Å²) in [5.74, 6) is 1.17. The number of anilines is 4. The molecule has 3 N–H and O–H groups in total. The van der Waals surface area contributed by atoms with E-state index in [1.807, 2.05) is 38.4 Å². The van der Waals surface area contributed by atoms with Gasteiger partial charge in [-0.05, 0) is 38.4 Å². The number of carbonyl (C=O) groups is 1. The quantitative estimate of drug-likeness (QED) is 0.726. The van der Waals surface area contributed by atoms with Gasteiger partial charge in [-0.15, -0.1) is 0 Å². The minimum Gasteiger partial charge on any atom is -0.353 e. The number of hydrogen-bond donors (Lipinski definition) is 3. The molecule has 0 aliphatic carbocycles. The van der Waals surface area contributed by atoms with Crippen LogP contribution >= 0.6 is 0 Å². The molecule has 2 rings (SSSR count). The number of hydrogen-bond acceptors (Lipinski definition) is 6. The third kappa shape index (κ3) is 5.91. The first-order valence-electron chi connectivity index (χ1n) is 7.39. The van der Waals surface area contributed by atoms with Gasteiger partial charge in [0.25, 0.3) is 0 Å². The Morgan fingerprint density at radius 1 is 1.22 bits per heavy atom. The van der Waals surface area contributed by atoms with Gasteiger partial charge in [0, 0.05) is 37.6 Å². The minimum absolute atomic E-state index is 0.100. The lowest BCUT2D eigenvalue weighted by molar-refractivity contribution is -0.114. The summed E-state index contributed by atoms with van der Waals surface area (Å²) in [7, 11) is 4.03. The number of nitrogens with one attached hydrogen (secondary N) is 3. The van der Waals surface area contributed by atoms with Crippen LogP contribution in [0.4, 0.5) is 23.1 Å². The minimum atomic E-state index is -0.100. The van der Waals surface area contributed by atoms with Crippen LogP contribution in [-0.2, 0) is 4.79 Å². The van der Waals surface area contributed by atoms with Crippen LogP contribution in [0.15, 0.2) is 36.5 Å². The van der Waals surface area contributed by atoms with E-state index >= 15 is 0 Å². The van der Waals surface area contributed by atoms with Gasteiger partial charge in [-0.25, -0.2) is 4.98 Å². The summed E-state index contributed by atoms with van der Waals surface area (Å²) in [6.07, 6.45) is 1.70. The Kier molecular flexibility index (Phi) is 5.87. The standard InChI is InChI=1S/C16H22N6O/c1-12(23)19-13-5-4-6-14(11-13)20-15-7-8-17-16(21-15)18-9-10-22(2)3/h4-8,11H,9-10H2,1-3H3,(H,19,23)(H2,17,18,20,21). The lowest BCUT2D eigenvalue weighted by Gasteiger charge is -2.11. The van der Waals surface area contributed by atoms with Crippen LogP contribution < -0.4 is 16.0 Å². The molecule has 1 amide bonds. The van der Waals surface area contributed by atoms with Gasteiger partial charge < -0.3 is 20.9 Å². The molecule has 0 fully saturated rings. The smallest absolute Gasteiger partial charge is 0.224 e. The van der Waals surface area contributed by atoms with Crippen LogP contribution in [0.3, 0.4) is 0 Å². The summed E-state index contributed by atoms with van der Waals surface area (Å²) in [5.41, 5.74) is 1.58. The van der Waals surface area contributed by atoms with Gasteiger partial charge in [-0.3, -0.25) is 4.79 Å². The van der Waals surface area contributed by atoms with E-state index in [1.54, 1.807) is 12.3 Å². The largest absolute Gasteiger partial charge is 0.353 e. The molecule has 1 heterocycles. The van der Waals surface area contributed by atoms with Crippen molar-refractivity contribution in [2.45, 2.75) is 6.92 Å². The van der Waals surface area contributed by atoms with Crippen molar-refractivity contribution >= 4 is 29.0 Å². The molecule has 122 valence electrons. The topological polar surface area (TPSA) is 82.2 Å². The monoisotopic (exact) mass is 314 g/mol. The molecule has 0 atom stereocenters. The Morgan fingerprint density at radius 2 is 2.00 bits per heavy atom. The number of aromatic nitrogens is 2. The fourth-order valence-corrected chi connectivity index (χ4v) is 1.93. The zero-order valence-electron chi connectivity index (χ0n) is 13.6. The summed E-state index contributed by atoms with van der Waals surface area (Å²) in [6, 6.07) is 9.25. The lowest BCUT2D eigenvalue weighted by atomic mass is 10.2. The predicted octanol–water partition coefficient (Wildman–Crippen LogP) is 2.15. The Balaban J connectivity index is 2.01. The highest BCUT2D eigenvalue weighted by molar-refractivity contribution is 5.89. The maximum Gasteiger partial charge on any atom is 0.224 e. The van der Waals surface area contributed by atoms with Gasteiger partial charge >= 0.3 is 0 Å². The maximum atomic E-state index is 11.1. The highest BCUT2D eigenvalue weighted by Gasteiger charge is 2.02. The summed E-state index contributed by atoms with van der Waals surface area (Å²) >= 11 is 0. The fourth-order valence-electron chi connectivity index (χ4n) is 1.93. The molecule has 0 radical (unpaired) electrons. The van der Waals surface area contributed by atoms with Gasteiger partial charge in [0.15, 0.2) is 0 Å². The lowest BCUT2D eigenvalue weighted by Crippen LogP contribution is -2.21. The van der Waals surface area contributed by atoms with Crippen molar-refractivity contribution < 1.29 is 4.79 Å². The number of nitrogens with zero attached hydrogens (tertiary/aromatic N) is 3. The summed E-state index contributed by atoms with van der Waals surface area (Å²) < 4.78 is 0. The van der Waals surface area contributed by atoms with Crippen molar-refractivity contribution in [3.8, 4) is 0 Å². The molecule has 0 saturated carbocycles. The van der Waals surface area contributed by atoms with E-state index < -0.39 is 0 Å². The molecule has 7 heteroatoms. The fraction of sp³-hybridized carbons (Fsp3) is 0.312. The predicted molar refractivity (Wildman–Crippen MR) is 93.1 cm³/mol. The Morgan fingerprint density at radius 3 is 2.74 bits per heavy atom. The zero-order valence-corrected chi connectivity index (χ0v) is 13.6. The number of likely N-dealkylation sites (N-methyl/N-ethyl adjacent to an activating group) is 1. The summed E-state index contributed by atoms with van der Waals surface area (Å²) in [6.45, 7) is 3.16. The third-order valence-corrected chi connectivity index (χ3v) is 2.95. The average molecular weight is 314 g/mol. The molecule has 0 bridgehead atoms. The summed E-state index contributed by atoms with van der Waals surface area (Å²) in [4.78, 5) is 21.8. The number of amides is 1. The van der Waals surface area contributed by atoms with Crippen molar-refractivity contribution in [1.29, 1.82) is 0 Å². The second kappa shape index (κ2) is 8.09. The van der Waals surface area contributed by atoms with Crippen LogP contribution in [0.25, 0.3) is 0 Å². The van der Waals surface area contributed by atoms with E-state index in [-0.39, 0.29) is 5.91 Å². The second-order valence-electron chi connectivity index (χ2n) is 5.38. The molecule has 1 aromatic heterocycles. The first kappa shape index (κ1) is 16.7. The molecular formula is C16H22N6O. The van der Waals surface area contributed by atoms with E-state index in [9.17, 15) is 4.79 Å². The van der Waals surface area contributed by atoms with Crippen molar-refractivity contribution in [1.82, 2.24) is 14.9 Å². The summed E-state index contributed by atoms with van der Waals surface area (Å²) in [5, 5.41) is 9.14. The van der Waals surface area contributed by atoms with Crippen molar-refractivity contribution in [2.75, 3.05) is 43.1 Å². The van der Waals surface area contributed by atoms with Gasteiger partial charge in [0.1, 0.15) is 5.82 Å². The molecule has 0 saturated heterocycles. The van der Waals surface area contributed by atoms with Crippen molar-refractivity contribution in [2.24, 2.45) is 0 Å². The van der Waals surface area contributed by atoms with Gasteiger partial charge in [0.2, 0.25) is 11.9 Å². The molecular weight excluding hydrogens is 292 g/mol. The van der Waals surface area contributed by atoms with Crippen LogP contribution in [0.1, 0.15) is 6.92 Å². The number of carbonyl (C=O) groups excluding carboxylic acids is 1. The molecule has 1 aromatic carbocycles. The normalized spacial score (nSPS) is 10.4. The average Bonchev–Trinajstić information content (AvgIpc) is 2.47. The van der Waals surface area contributed by atoms with E-state index in [2.05, 4.69) is 30.8 Å². The molecule has 0 aliphatic heterocycles. The van der Waals surface area contributed by atoms with Crippen LogP contribution in [0.2, 0.25) is 0 Å². The van der Waals surface area contributed by atoms with Crippen molar-refractivity contribution in [3.05, 3.63) is 36.5 Å². The first-order valence-corrected chi connectivity index (χ1v) is 7.39. The highest BCUT2D eigenvalue weighted by Crippen LogP contribution is 2.19. The molecule has 7 nitrogen and oxygen atoms in total. The molecule has 0 spiro atoms. The Hall–Kier alpha value is -2.67. The van der Waals surface area contributed by atoms with Gasteiger partial charge in [0.05, 0.1) is 0 Å². The van der Waals surface area contributed by atoms with E-state index in [4.69, 9.17) is 0 Å². The van der Waals surface area contributed by atoms with Gasteiger partial charge in [-0.1, -0.05) is 6.07 Å². The maximum absolute atomic E-state index is 11.1. The van der Waals surface area contributed by atoms with Crippen LogP contribution in [0, 0.1) is 0 Å². The number of rotatable bonds is 7. The van der Waals surface area contributed by atoms with Crippen LogP contribution in [0.5, 0.6) is 0 Å². The third-order valence-electron chi connectivity index (χ3n) is 2.95. The SMILES string of the molecule is CC(=O)Nc1cccc(Nc2ccnc(NCCN(C)C)n2)c1. The van der Waals surface area contributed by atoms with E-state index in [0.717, 1.165) is 24.5 Å². The molecule has 0 unspecified atom stereocenters. The Bertz CT molecular complexity index is 659. The van der Waals surface area contributed by atoms with Crippen LogP contribution in [-0.4, -0.2) is 48.0 Å². The zero-order chi connectivity index (χ0) is 16.7. The van der Waals surface area contributed by atoms with E-state index in [1.165, 1.54) is 6.92 Å². The molecule has 0 aliphatic rings. The molecule has 2 aromatic rings. The Labute approximate surface area is 136 Å².